The number of amides is 1. The number of anilines is 1. The molecule has 0 radical (unpaired) electrons. The number of carbonyl (C=O) groups is 1. The maximum Gasteiger partial charge on any atom is 0.257 e. The summed E-state index contributed by atoms with van der Waals surface area (Å²) >= 11 is 3.41. The summed E-state index contributed by atoms with van der Waals surface area (Å²) in [4.78, 5) is 12.2. The molecule has 6 heteroatoms. The van der Waals surface area contributed by atoms with Gasteiger partial charge in [0.15, 0.2) is 5.82 Å². The molecule has 1 aromatic carbocycles. The topological polar surface area (TPSA) is 83.8 Å². The van der Waals surface area contributed by atoms with Crippen LogP contribution < -0.4 is 11.1 Å². The molecule has 1 atom stereocenters. The van der Waals surface area contributed by atoms with Gasteiger partial charge in [0.1, 0.15) is 5.56 Å². The zero-order valence-corrected chi connectivity index (χ0v) is 12.3. The molecule has 0 fully saturated rings. The molecule has 0 aliphatic rings. The lowest BCUT2D eigenvalue weighted by Crippen LogP contribution is -2.27. The fourth-order valence-corrected chi connectivity index (χ4v) is 2.28. The van der Waals surface area contributed by atoms with Crippen molar-refractivity contribution < 1.29 is 4.79 Å². The van der Waals surface area contributed by atoms with E-state index in [4.69, 9.17) is 5.73 Å². The summed E-state index contributed by atoms with van der Waals surface area (Å²) in [5.41, 5.74) is 7.75. The van der Waals surface area contributed by atoms with E-state index in [1.54, 1.807) is 6.92 Å². The lowest BCUT2D eigenvalue weighted by molar-refractivity contribution is 0.0940. The van der Waals surface area contributed by atoms with Crippen molar-refractivity contribution in [3.8, 4) is 0 Å². The Labute approximate surface area is 119 Å². The first-order valence-corrected chi connectivity index (χ1v) is 6.65. The minimum absolute atomic E-state index is 0.112. The van der Waals surface area contributed by atoms with Gasteiger partial charge >= 0.3 is 0 Å². The molecule has 5 nitrogen and oxygen atoms in total. The van der Waals surface area contributed by atoms with Crippen molar-refractivity contribution in [3.63, 3.8) is 0 Å². The molecular weight excluding hydrogens is 308 g/mol. The molecule has 2 aromatic rings. The maximum atomic E-state index is 12.2. The Bertz CT molecular complexity index is 589. The number of halogens is 1. The fraction of sp³-hybridized carbons (Fsp3) is 0.231. The van der Waals surface area contributed by atoms with Crippen LogP contribution >= 0.6 is 15.9 Å². The number of nitrogens with two attached hydrogens (primary N) is 1. The Kier molecular flexibility index (Phi) is 3.90. The molecule has 1 unspecified atom stereocenters. The van der Waals surface area contributed by atoms with E-state index in [0.717, 1.165) is 10.0 Å². The second-order valence-corrected chi connectivity index (χ2v) is 5.27. The van der Waals surface area contributed by atoms with Gasteiger partial charge in [-0.3, -0.25) is 9.89 Å². The highest BCUT2D eigenvalue weighted by Crippen LogP contribution is 2.19. The first-order chi connectivity index (χ1) is 8.99. The standard InChI is InChI=1S/C13H15BrN4O/c1-7(9-4-3-5-10(14)6-9)16-13(19)11-8(2)17-18-12(11)15/h3-7H,1-2H3,(H,16,19)(H3,15,17,18). The molecule has 100 valence electrons. The minimum atomic E-state index is -0.226. The Morgan fingerprint density at radius 1 is 1.53 bits per heavy atom. The molecule has 0 saturated heterocycles. The van der Waals surface area contributed by atoms with Gasteiger partial charge in [-0.15, -0.1) is 0 Å². The van der Waals surface area contributed by atoms with Gasteiger partial charge in [-0.05, 0) is 31.5 Å². The predicted octanol–water partition coefficient (Wildman–Crippen LogP) is 2.55. The number of hydrogen-bond donors (Lipinski definition) is 3. The molecule has 0 aliphatic heterocycles. The van der Waals surface area contributed by atoms with E-state index in [0.29, 0.717) is 11.3 Å². The lowest BCUT2D eigenvalue weighted by atomic mass is 10.1. The molecule has 0 aliphatic carbocycles. The van der Waals surface area contributed by atoms with Gasteiger partial charge in [-0.1, -0.05) is 28.1 Å². The largest absolute Gasteiger partial charge is 0.382 e. The molecule has 0 saturated carbocycles. The minimum Gasteiger partial charge on any atom is -0.382 e. The van der Waals surface area contributed by atoms with Crippen LogP contribution in [0.5, 0.6) is 0 Å². The van der Waals surface area contributed by atoms with Crippen molar-refractivity contribution in [2.75, 3.05) is 5.73 Å². The zero-order chi connectivity index (χ0) is 14.0. The molecular formula is C13H15BrN4O. The molecule has 0 spiro atoms. The van der Waals surface area contributed by atoms with Gasteiger partial charge in [-0.25, -0.2) is 0 Å². The van der Waals surface area contributed by atoms with Gasteiger partial charge in [-0.2, -0.15) is 5.10 Å². The Balaban J connectivity index is 2.15. The van der Waals surface area contributed by atoms with Crippen LogP contribution in [0.1, 0.15) is 34.6 Å². The van der Waals surface area contributed by atoms with E-state index in [-0.39, 0.29) is 17.8 Å². The van der Waals surface area contributed by atoms with Crippen molar-refractivity contribution >= 4 is 27.7 Å². The summed E-state index contributed by atoms with van der Waals surface area (Å²) in [5, 5.41) is 9.42. The Hall–Kier alpha value is -1.82. The van der Waals surface area contributed by atoms with Crippen LogP contribution in [-0.2, 0) is 0 Å². The van der Waals surface area contributed by atoms with Gasteiger partial charge < -0.3 is 11.1 Å². The second-order valence-electron chi connectivity index (χ2n) is 4.36. The third-order valence-corrected chi connectivity index (χ3v) is 3.39. The van der Waals surface area contributed by atoms with Crippen molar-refractivity contribution in [3.05, 3.63) is 45.6 Å². The van der Waals surface area contributed by atoms with Crippen LogP contribution in [0.3, 0.4) is 0 Å². The summed E-state index contributed by atoms with van der Waals surface area (Å²) in [5.74, 6) is -0.00679. The van der Waals surface area contributed by atoms with Crippen LogP contribution in [0.25, 0.3) is 0 Å². The highest BCUT2D eigenvalue weighted by Gasteiger charge is 2.18. The second kappa shape index (κ2) is 5.44. The quantitative estimate of drug-likeness (QED) is 0.812. The van der Waals surface area contributed by atoms with Crippen molar-refractivity contribution in [2.24, 2.45) is 0 Å². The average Bonchev–Trinajstić information content (AvgIpc) is 2.69. The van der Waals surface area contributed by atoms with Crippen LogP contribution in [0.15, 0.2) is 28.7 Å². The molecule has 19 heavy (non-hydrogen) atoms. The first kappa shape index (κ1) is 13.6. The van der Waals surface area contributed by atoms with Crippen molar-refractivity contribution in [2.45, 2.75) is 19.9 Å². The molecule has 1 amide bonds. The van der Waals surface area contributed by atoms with Crippen LogP contribution in [0.4, 0.5) is 5.82 Å². The molecule has 1 aromatic heterocycles. The normalized spacial score (nSPS) is 12.2. The number of rotatable bonds is 3. The average molecular weight is 323 g/mol. The zero-order valence-electron chi connectivity index (χ0n) is 10.7. The Morgan fingerprint density at radius 3 is 2.84 bits per heavy atom. The van der Waals surface area contributed by atoms with Gasteiger partial charge in [0.05, 0.1) is 6.04 Å². The first-order valence-electron chi connectivity index (χ1n) is 5.86. The van der Waals surface area contributed by atoms with E-state index in [9.17, 15) is 4.79 Å². The summed E-state index contributed by atoms with van der Waals surface area (Å²) < 4.78 is 0.977. The van der Waals surface area contributed by atoms with Gasteiger partial charge in [0.25, 0.3) is 5.91 Å². The summed E-state index contributed by atoms with van der Waals surface area (Å²) in [7, 11) is 0. The summed E-state index contributed by atoms with van der Waals surface area (Å²) in [6.07, 6.45) is 0. The third kappa shape index (κ3) is 2.96. The van der Waals surface area contributed by atoms with Crippen molar-refractivity contribution in [1.29, 1.82) is 0 Å². The highest BCUT2D eigenvalue weighted by atomic mass is 79.9. The smallest absolute Gasteiger partial charge is 0.257 e. The van der Waals surface area contributed by atoms with Gasteiger partial charge in [0, 0.05) is 10.2 Å². The number of H-pyrrole nitrogens is 1. The monoisotopic (exact) mass is 322 g/mol. The Morgan fingerprint density at radius 2 is 2.26 bits per heavy atom. The van der Waals surface area contributed by atoms with E-state index >= 15 is 0 Å². The number of carbonyl (C=O) groups excluding carboxylic acids is 1. The number of nitrogen functional groups attached to an aromatic ring is 1. The number of nitrogens with zero attached hydrogens (tertiary/aromatic N) is 1. The highest BCUT2D eigenvalue weighted by molar-refractivity contribution is 9.10. The van der Waals surface area contributed by atoms with Crippen LogP contribution in [0.2, 0.25) is 0 Å². The van der Waals surface area contributed by atoms with Crippen molar-refractivity contribution in [1.82, 2.24) is 15.5 Å². The van der Waals surface area contributed by atoms with Gasteiger partial charge in [0.2, 0.25) is 0 Å². The van der Waals surface area contributed by atoms with E-state index in [1.165, 1.54) is 0 Å². The summed E-state index contributed by atoms with van der Waals surface area (Å²) in [6, 6.07) is 7.69. The van der Waals surface area contributed by atoms with Crippen LogP contribution in [-0.4, -0.2) is 16.1 Å². The number of hydrogen-bond acceptors (Lipinski definition) is 3. The number of aromatic nitrogens is 2. The predicted molar refractivity (Wildman–Crippen MR) is 77.8 cm³/mol. The van der Waals surface area contributed by atoms with E-state index in [1.807, 2.05) is 31.2 Å². The third-order valence-electron chi connectivity index (χ3n) is 2.90. The SMILES string of the molecule is Cc1[nH]nc(N)c1C(=O)NC(C)c1cccc(Br)c1. The van der Waals surface area contributed by atoms with Crippen LogP contribution in [0, 0.1) is 6.92 Å². The lowest BCUT2D eigenvalue weighted by Gasteiger charge is -2.14. The molecule has 4 N–H and O–H groups in total. The number of aromatic amines is 1. The van der Waals surface area contributed by atoms with E-state index in [2.05, 4.69) is 31.4 Å². The fourth-order valence-electron chi connectivity index (χ4n) is 1.86. The summed E-state index contributed by atoms with van der Waals surface area (Å²) in [6.45, 7) is 3.69. The number of benzene rings is 1. The molecule has 0 bridgehead atoms. The maximum absolute atomic E-state index is 12.2. The number of aryl methyl sites for hydroxylation is 1. The molecule has 1 heterocycles. The molecule has 2 rings (SSSR count). The van der Waals surface area contributed by atoms with E-state index < -0.39 is 0 Å². The number of nitrogens with one attached hydrogen (secondary N) is 2.